The highest BCUT2D eigenvalue weighted by Crippen LogP contribution is 2.08. The van der Waals surface area contributed by atoms with Gasteiger partial charge in [-0.05, 0) is 25.8 Å². The lowest BCUT2D eigenvalue weighted by Crippen LogP contribution is -2.47. The van der Waals surface area contributed by atoms with E-state index >= 15 is 0 Å². The smallest absolute Gasteiger partial charge is 0.0275 e. The highest BCUT2D eigenvalue weighted by molar-refractivity contribution is 4.82. The molecule has 0 amide bonds. The van der Waals surface area contributed by atoms with Crippen LogP contribution < -0.4 is 11.1 Å². The van der Waals surface area contributed by atoms with E-state index in [9.17, 15) is 0 Å². The first-order chi connectivity index (χ1) is 5.18. The molecule has 0 aliphatic carbocycles. The molecule has 0 unspecified atom stereocenters. The second-order valence-corrected chi connectivity index (χ2v) is 3.25. The molecule has 68 valence electrons. The van der Waals surface area contributed by atoms with Crippen LogP contribution in [-0.4, -0.2) is 18.6 Å². The summed E-state index contributed by atoms with van der Waals surface area (Å²) in [4.78, 5) is 0. The van der Waals surface area contributed by atoms with Crippen molar-refractivity contribution in [2.24, 2.45) is 5.73 Å². The van der Waals surface area contributed by atoms with E-state index < -0.39 is 0 Å². The molecule has 0 atom stereocenters. The van der Waals surface area contributed by atoms with Crippen LogP contribution in [0.3, 0.4) is 0 Å². The molecule has 0 aliphatic rings. The fourth-order valence-electron chi connectivity index (χ4n) is 1.01. The molecular formula is C9H22N2. The normalized spacial score (nSPS) is 12.0. The zero-order valence-electron chi connectivity index (χ0n) is 8.11. The van der Waals surface area contributed by atoms with Gasteiger partial charge < -0.3 is 11.1 Å². The minimum Gasteiger partial charge on any atom is -0.324 e. The molecule has 0 aromatic rings. The quantitative estimate of drug-likeness (QED) is 0.575. The van der Waals surface area contributed by atoms with Crippen molar-refractivity contribution in [3.8, 4) is 0 Å². The Morgan fingerprint density at radius 2 is 1.73 bits per heavy atom. The van der Waals surface area contributed by atoms with Crippen molar-refractivity contribution in [1.29, 1.82) is 0 Å². The van der Waals surface area contributed by atoms with Crippen molar-refractivity contribution in [3.05, 3.63) is 0 Å². The standard InChI is InChI=1S/C9H22N2/c1-4-7-11-8-9(10,5-2)6-3/h11H,4-8,10H2,1-3H3. The Kier molecular flexibility index (Phi) is 5.51. The van der Waals surface area contributed by atoms with Crippen LogP contribution in [0.1, 0.15) is 40.0 Å². The molecule has 0 aromatic heterocycles. The molecule has 0 aliphatic heterocycles. The Bertz CT molecular complexity index is 87.6. The molecule has 0 bridgehead atoms. The summed E-state index contributed by atoms with van der Waals surface area (Å²) in [7, 11) is 0. The van der Waals surface area contributed by atoms with Crippen molar-refractivity contribution >= 4 is 0 Å². The van der Waals surface area contributed by atoms with Crippen molar-refractivity contribution < 1.29 is 0 Å². The number of nitrogens with two attached hydrogens (primary N) is 1. The summed E-state index contributed by atoms with van der Waals surface area (Å²) >= 11 is 0. The number of hydrogen-bond donors (Lipinski definition) is 2. The minimum atomic E-state index is 0.0230. The van der Waals surface area contributed by atoms with Gasteiger partial charge in [-0.2, -0.15) is 0 Å². The summed E-state index contributed by atoms with van der Waals surface area (Å²) < 4.78 is 0. The van der Waals surface area contributed by atoms with E-state index in [-0.39, 0.29) is 5.54 Å². The third-order valence-corrected chi connectivity index (χ3v) is 2.31. The number of rotatable bonds is 6. The summed E-state index contributed by atoms with van der Waals surface area (Å²) in [6.07, 6.45) is 3.30. The van der Waals surface area contributed by atoms with Crippen LogP contribution in [0.5, 0.6) is 0 Å². The van der Waals surface area contributed by atoms with Gasteiger partial charge >= 0.3 is 0 Å². The summed E-state index contributed by atoms with van der Waals surface area (Å²) in [6.45, 7) is 8.50. The lowest BCUT2D eigenvalue weighted by atomic mass is 9.94. The Morgan fingerprint density at radius 1 is 1.18 bits per heavy atom. The number of nitrogens with one attached hydrogen (secondary N) is 1. The van der Waals surface area contributed by atoms with Gasteiger partial charge in [0.1, 0.15) is 0 Å². The average Bonchev–Trinajstić information content (AvgIpc) is 2.05. The highest BCUT2D eigenvalue weighted by atomic mass is 14.9. The monoisotopic (exact) mass is 158 g/mol. The molecule has 2 heteroatoms. The van der Waals surface area contributed by atoms with Crippen LogP contribution in [0.15, 0.2) is 0 Å². The number of hydrogen-bond acceptors (Lipinski definition) is 2. The van der Waals surface area contributed by atoms with Crippen molar-refractivity contribution in [2.75, 3.05) is 13.1 Å². The fourth-order valence-corrected chi connectivity index (χ4v) is 1.01. The molecule has 11 heavy (non-hydrogen) atoms. The van der Waals surface area contributed by atoms with E-state index in [1.54, 1.807) is 0 Å². The molecule has 0 saturated carbocycles. The first-order valence-corrected chi connectivity index (χ1v) is 4.68. The summed E-state index contributed by atoms with van der Waals surface area (Å²) in [5.41, 5.74) is 6.10. The van der Waals surface area contributed by atoms with E-state index in [1.807, 2.05) is 0 Å². The van der Waals surface area contributed by atoms with E-state index in [1.165, 1.54) is 6.42 Å². The molecule has 0 radical (unpaired) electrons. The summed E-state index contributed by atoms with van der Waals surface area (Å²) in [6, 6.07) is 0. The third-order valence-electron chi connectivity index (χ3n) is 2.31. The maximum atomic E-state index is 6.07. The molecule has 0 heterocycles. The summed E-state index contributed by atoms with van der Waals surface area (Å²) in [5, 5.41) is 3.35. The Morgan fingerprint density at radius 3 is 2.09 bits per heavy atom. The predicted octanol–water partition coefficient (Wildman–Crippen LogP) is 1.50. The van der Waals surface area contributed by atoms with Crippen molar-refractivity contribution in [2.45, 2.75) is 45.6 Å². The first kappa shape index (κ1) is 10.9. The van der Waals surface area contributed by atoms with Gasteiger partial charge in [0, 0.05) is 12.1 Å². The second-order valence-electron chi connectivity index (χ2n) is 3.25. The largest absolute Gasteiger partial charge is 0.324 e. The lowest BCUT2D eigenvalue weighted by molar-refractivity contribution is 0.370. The van der Waals surface area contributed by atoms with Gasteiger partial charge in [-0.1, -0.05) is 20.8 Å². The van der Waals surface area contributed by atoms with Crippen LogP contribution in [0.25, 0.3) is 0 Å². The molecule has 0 saturated heterocycles. The zero-order valence-corrected chi connectivity index (χ0v) is 8.11. The maximum absolute atomic E-state index is 6.07. The minimum absolute atomic E-state index is 0.0230. The molecule has 2 nitrogen and oxygen atoms in total. The lowest BCUT2D eigenvalue weighted by Gasteiger charge is -2.26. The summed E-state index contributed by atoms with van der Waals surface area (Å²) in [5.74, 6) is 0. The van der Waals surface area contributed by atoms with Gasteiger partial charge in [0.05, 0.1) is 0 Å². The van der Waals surface area contributed by atoms with E-state index in [4.69, 9.17) is 5.73 Å². The highest BCUT2D eigenvalue weighted by Gasteiger charge is 2.18. The Labute approximate surface area is 70.5 Å². The third kappa shape index (κ3) is 4.38. The van der Waals surface area contributed by atoms with Gasteiger partial charge in [0.25, 0.3) is 0 Å². The second kappa shape index (κ2) is 5.56. The maximum Gasteiger partial charge on any atom is 0.0275 e. The molecule has 0 aromatic carbocycles. The van der Waals surface area contributed by atoms with E-state index in [2.05, 4.69) is 26.1 Å². The average molecular weight is 158 g/mol. The van der Waals surface area contributed by atoms with Gasteiger partial charge in [-0.15, -0.1) is 0 Å². The fraction of sp³-hybridized carbons (Fsp3) is 1.00. The van der Waals surface area contributed by atoms with Crippen LogP contribution in [0, 0.1) is 0 Å². The van der Waals surface area contributed by atoms with Crippen LogP contribution in [-0.2, 0) is 0 Å². The van der Waals surface area contributed by atoms with Crippen LogP contribution in [0.2, 0.25) is 0 Å². The van der Waals surface area contributed by atoms with E-state index in [0.29, 0.717) is 0 Å². The van der Waals surface area contributed by atoms with Gasteiger partial charge in [0.15, 0.2) is 0 Å². The molecule has 0 rings (SSSR count). The SMILES string of the molecule is CCCNCC(N)(CC)CC. The predicted molar refractivity (Wildman–Crippen MR) is 50.7 cm³/mol. The Hall–Kier alpha value is -0.0800. The van der Waals surface area contributed by atoms with Crippen molar-refractivity contribution in [3.63, 3.8) is 0 Å². The molecule has 0 fully saturated rings. The van der Waals surface area contributed by atoms with Gasteiger partial charge in [-0.25, -0.2) is 0 Å². The zero-order chi connectivity index (χ0) is 8.74. The molecule has 0 spiro atoms. The Balaban J connectivity index is 3.51. The van der Waals surface area contributed by atoms with Gasteiger partial charge in [0.2, 0.25) is 0 Å². The van der Waals surface area contributed by atoms with Crippen LogP contribution in [0.4, 0.5) is 0 Å². The van der Waals surface area contributed by atoms with Crippen molar-refractivity contribution in [1.82, 2.24) is 5.32 Å². The first-order valence-electron chi connectivity index (χ1n) is 4.68. The molecular weight excluding hydrogens is 136 g/mol. The molecule has 3 N–H and O–H groups in total. The topological polar surface area (TPSA) is 38.0 Å². The van der Waals surface area contributed by atoms with Crippen LogP contribution >= 0.6 is 0 Å². The van der Waals surface area contributed by atoms with Gasteiger partial charge in [-0.3, -0.25) is 0 Å². The van der Waals surface area contributed by atoms with E-state index in [0.717, 1.165) is 25.9 Å².